The third-order valence-electron chi connectivity index (χ3n) is 3.20. The molecule has 0 fully saturated rings. The zero-order valence-electron chi connectivity index (χ0n) is 9.75. The van der Waals surface area contributed by atoms with E-state index < -0.39 is 5.54 Å². The van der Waals surface area contributed by atoms with Gasteiger partial charge >= 0.3 is 0 Å². The van der Waals surface area contributed by atoms with E-state index >= 15 is 0 Å². The lowest BCUT2D eigenvalue weighted by Crippen LogP contribution is -2.52. The second-order valence-electron chi connectivity index (χ2n) is 4.88. The lowest BCUT2D eigenvalue weighted by atomic mass is 9.91. The highest BCUT2D eigenvalue weighted by atomic mass is 32.1. The third kappa shape index (κ3) is 2.13. The Labute approximate surface area is 100 Å². The summed E-state index contributed by atoms with van der Waals surface area (Å²) in [5.41, 5.74) is 6.10. The lowest BCUT2D eigenvalue weighted by molar-refractivity contribution is -0.123. The Bertz CT molecular complexity index is 397. The smallest absolute Gasteiger partial charge is 0.237 e. The number of nitrogens with two attached hydrogens (primary N) is 1. The van der Waals surface area contributed by atoms with Crippen molar-refractivity contribution in [1.29, 1.82) is 0 Å². The fourth-order valence-corrected chi connectivity index (χ4v) is 3.13. The van der Waals surface area contributed by atoms with E-state index in [1.54, 1.807) is 0 Å². The van der Waals surface area contributed by atoms with Crippen molar-refractivity contribution in [3.8, 4) is 0 Å². The molecule has 1 aliphatic rings. The zero-order chi connectivity index (χ0) is 11.8. The summed E-state index contributed by atoms with van der Waals surface area (Å²) in [7, 11) is 0. The van der Waals surface area contributed by atoms with Crippen molar-refractivity contribution in [2.75, 3.05) is 0 Å². The first kappa shape index (κ1) is 11.6. The number of thiophene rings is 1. The minimum absolute atomic E-state index is 0.275. The first-order chi connectivity index (χ1) is 7.50. The van der Waals surface area contributed by atoms with Crippen LogP contribution in [0.3, 0.4) is 0 Å². The topological polar surface area (TPSA) is 55.1 Å². The summed E-state index contributed by atoms with van der Waals surface area (Å²) in [5, 5.41) is 5.50. The summed E-state index contributed by atoms with van der Waals surface area (Å²) >= 11 is 1.81. The minimum atomic E-state index is -0.638. The fraction of sp³-hybridized carbons (Fsp3) is 0.583. The molecule has 0 radical (unpaired) electrons. The van der Waals surface area contributed by atoms with Gasteiger partial charge in [0.25, 0.3) is 0 Å². The maximum atomic E-state index is 11.3. The van der Waals surface area contributed by atoms with Gasteiger partial charge < -0.3 is 5.73 Å². The Kier molecular flexibility index (Phi) is 3.04. The number of rotatable bonds is 3. The number of hydrogen-bond acceptors (Lipinski definition) is 3. The number of carbonyl (C=O) groups is 1. The number of carbonyl (C=O) groups excluding carboxylic acids is 1. The second kappa shape index (κ2) is 4.18. The maximum Gasteiger partial charge on any atom is 0.237 e. The highest BCUT2D eigenvalue weighted by Gasteiger charge is 2.30. The van der Waals surface area contributed by atoms with E-state index in [0.29, 0.717) is 0 Å². The predicted octanol–water partition coefficient (Wildman–Crippen LogP) is 1.98. The molecular weight excluding hydrogens is 220 g/mol. The number of amides is 1. The molecule has 2 rings (SSSR count). The molecule has 0 saturated heterocycles. The standard InChI is InChI=1S/C12H18N2OS/c1-12(2,11(13)15)14-9-4-3-5-10-8(9)6-7-16-10/h6-7,9,14H,3-5H2,1-2H3,(H2,13,15). The molecule has 3 N–H and O–H groups in total. The average molecular weight is 238 g/mol. The summed E-state index contributed by atoms with van der Waals surface area (Å²) in [6, 6.07) is 2.44. The molecule has 1 amide bonds. The summed E-state index contributed by atoms with van der Waals surface area (Å²) in [5.74, 6) is -0.296. The third-order valence-corrected chi connectivity index (χ3v) is 4.20. The molecule has 0 aromatic carbocycles. The first-order valence-corrected chi connectivity index (χ1v) is 6.52. The van der Waals surface area contributed by atoms with Gasteiger partial charge in [0.15, 0.2) is 0 Å². The van der Waals surface area contributed by atoms with E-state index in [1.807, 2.05) is 25.2 Å². The van der Waals surface area contributed by atoms with Crippen molar-refractivity contribution in [1.82, 2.24) is 5.32 Å². The molecule has 1 heterocycles. The van der Waals surface area contributed by atoms with Crippen LogP contribution in [0.25, 0.3) is 0 Å². The van der Waals surface area contributed by atoms with E-state index in [2.05, 4.69) is 16.8 Å². The van der Waals surface area contributed by atoms with Gasteiger partial charge in [-0.05, 0) is 50.1 Å². The summed E-state index contributed by atoms with van der Waals surface area (Å²) in [4.78, 5) is 12.8. The van der Waals surface area contributed by atoms with Crippen LogP contribution in [0.4, 0.5) is 0 Å². The molecular formula is C12H18N2OS. The average Bonchev–Trinajstić information content (AvgIpc) is 2.65. The van der Waals surface area contributed by atoms with E-state index in [1.165, 1.54) is 23.3 Å². The summed E-state index contributed by atoms with van der Waals surface area (Å²) in [6.07, 6.45) is 3.43. The zero-order valence-corrected chi connectivity index (χ0v) is 10.6. The van der Waals surface area contributed by atoms with E-state index in [9.17, 15) is 4.79 Å². The van der Waals surface area contributed by atoms with Gasteiger partial charge in [-0.2, -0.15) is 0 Å². The van der Waals surface area contributed by atoms with Crippen LogP contribution in [0.1, 0.15) is 43.2 Å². The Morgan fingerprint density at radius 2 is 2.38 bits per heavy atom. The molecule has 1 aliphatic carbocycles. The largest absolute Gasteiger partial charge is 0.368 e. The van der Waals surface area contributed by atoms with Gasteiger partial charge in [-0.25, -0.2) is 0 Å². The molecule has 0 saturated carbocycles. The molecule has 0 bridgehead atoms. The Morgan fingerprint density at radius 3 is 3.06 bits per heavy atom. The quantitative estimate of drug-likeness (QED) is 0.846. The number of nitrogens with one attached hydrogen (secondary N) is 1. The Balaban J connectivity index is 2.17. The van der Waals surface area contributed by atoms with Gasteiger partial charge in [0.1, 0.15) is 0 Å². The van der Waals surface area contributed by atoms with Gasteiger partial charge in [0.2, 0.25) is 5.91 Å². The van der Waals surface area contributed by atoms with E-state index in [-0.39, 0.29) is 11.9 Å². The molecule has 3 nitrogen and oxygen atoms in total. The molecule has 88 valence electrons. The van der Waals surface area contributed by atoms with Crippen LogP contribution in [0.5, 0.6) is 0 Å². The van der Waals surface area contributed by atoms with Crippen molar-refractivity contribution in [3.05, 3.63) is 21.9 Å². The monoisotopic (exact) mass is 238 g/mol. The van der Waals surface area contributed by atoms with Crippen LogP contribution >= 0.6 is 11.3 Å². The molecule has 4 heteroatoms. The van der Waals surface area contributed by atoms with Crippen molar-refractivity contribution in [3.63, 3.8) is 0 Å². The molecule has 1 unspecified atom stereocenters. The van der Waals surface area contributed by atoms with Crippen LogP contribution in [0.15, 0.2) is 11.4 Å². The van der Waals surface area contributed by atoms with Crippen molar-refractivity contribution in [2.45, 2.75) is 44.7 Å². The molecule has 1 aromatic rings. The predicted molar refractivity (Wildman–Crippen MR) is 66.4 cm³/mol. The summed E-state index contributed by atoms with van der Waals surface area (Å²) < 4.78 is 0. The Hall–Kier alpha value is -0.870. The van der Waals surface area contributed by atoms with Gasteiger partial charge in [0, 0.05) is 10.9 Å². The normalized spacial score (nSPS) is 20.5. The van der Waals surface area contributed by atoms with Crippen LogP contribution in [0.2, 0.25) is 0 Å². The SMILES string of the molecule is CC(C)(NC1CCCc2sccc21)C(N)=O. The number of primary amides is 1. The fourth-order valence-electron chi connectivity index (χ4n) is 2.14. The molecule has 16 heavy (non-hydrogen) atoms. The van der Waals surface area contributed by atoms with Crippen molar-refractivity contribution in [2.24, 2.45) is 5.73 Å². The molecule has 0 aliphatic heterocycles. The second-order valence-corrected chi connectivity index (χ2v) is 5.88. The van der Waals surface area contributed by atoms with Crippen molar-refractivity contribution < 1.29 is 4.79 Å². The molecule has 0 spiro atoms. The van der Waals surface area contributed by atoms with E-state index in [0.717, 1.165) is 6.42 Å². The molecule has 1 aromatic heterocycles. The van der Waals surface area contributed by atoms with Gasteiger partial charge in [-0.3, -0.25) is 10.1 Å². The van der Waals surface area contributed by atoms with Crippen molar-refractivity contribution >= 4 is 17.2 Å². The number of aryl methyl sites for hydroxylation is 1. The lowest BCUT2D eigenvalue weighted by Gasteiger charge is -2.31. The van der Waals surface area contributed by atoms with Crippen LogP contribution in [-0.2, 0) is 11.2 Å². The summed E-state index contributed by atoms with van der Waals surface area (Å²) in [6.45, 7) is 3.69. The van der Waals surface area contributed by atoms with Gasteiger partial charge in [-0.1, -0.05) is 0 Å². The Morgan fingerprint density at radius 1 is 1.62 bits per heavy atom. The van der Waals surface area contributed by atoms with Gasteiger partial charge in [-0.15, -0.1) is 11.3 Å². The van der Waals surface area contributed by atoms with Crippen LogP contribution in [-0.4, -0.2) is 11.4 Å². The maximum absolute atomic E-state index is 11.3. The minimum Gasteiger partial charge on any atom is -0.368 e. The highest BCUT2D eigenvalue weighted by Crippen LogP contribution is 2.34. The van der Waals surface area contributed by atoms with Crippen LogP contribution < -0.4 is 11.1 Å². The van der Waals surface area contributed by atoms with E-state index in [4.69, 9.17) is 5.73 Å². The number of hydrogen-bond donors (Lipinski definition) is 2. The first-order valence-electron chi connectivity index (χ1n) is 5.64. The number of fused-ring (bicyclic) bond motifs is 1. The highest BCUT2D eigenvalue weighted by molar-refractivity contribution is 7.10. The molecule has 1 atom stereocenters. The van der Waals surface area contributed by atoms with Gasteiger partial charge in [0.05, 0.1) is 5.54 Å². The van der Waals surface area contributed by atoms with Crippen LogP contribution in [0, 0.1) is 0 Å².